The number of nitrogens with zero attached hydrogens (tertiary/aromatic N) is 6. The number of aromatic nitrogens is 4. The molecule has 2 fully saturated rings. The van der Waals surface area contributed by atoms with Gasteiger partial charge in [-0.15, -0.1) is 0 Å². The summed E-state index contributed by atoms with van der Waals surface area (Å²) < 4.78 is 7.67. The predicted octanol–water partition coefficient (Wildman–Crippen LogP) is 0.818. The zero-order chi connectivity index (χ0) is 21.8. The molecule has 2 saturated heterocycles. The van der Waals surface area contributed by atoms with Gasteiger partial charge in [0.1, 0.15) is 16.7 Å². The molecule has 0 aliphatic carbocycles. The molecule has 0 bridgehead atoms. The number of anilines is 1. The van der Waals surface area contributed by atoms with Gasteiger partial charge in [-0.3, -0.25) is 4.79 Å². The highest BCUT2D eigenvalue weighted by Gasteiger charge is 2.30. The first-order valence-corrected chi connectivity index (χ1v) is 11.3. The molecule has 0 atom stereocenters. The third kappa shape index (κ3) is 4.90. The number of hydrogen-bond donors (Lipinski definition) is 2. The SMILES string of the molecule is Cn1nc(Br)c2c(NCCNC(=O)C3CCN(C(=O)N4CCOCC4)CC3)ncnc21. The van der Waals surface area contributed by atoms with Gasteiger partial charge in [0.25, 0.3) is 0 Å². The summed E-state index contributed by atoms with van der Waals surface area (Å²) in [5, 5.41) is 11.3. The van der Waals surface area contributed by atoms with Gasteiger partial charge in [-0.2, -0.15) is 5.10 Å². The van der Waals surface area contributed by atoms with E-state index < -0.39 is 0 Å². The number of rotatable bonds is 5. The maximum atomic E-state index is 12.6. The molecule has 3 amide bonds. The van der Waals surface area contributed by atoms with Crippen molar-refractivity contribution in [3.8, 4) is 0 Å². The lowest BCUT2D eigenvalue weighted by Gasteiger charge is -2.36. The predicted molar refractivity (Wildman–Crippen MR) is 118 cm³/mol. The molecule has 11 nitrogen and oxygen atoms in total. The van der Waals surface area contributed by atoms with Gasteiger partial charge in [0, 0.05) is 52.2 Å². The fraction of sp³-hybridized carbons (Fsp3) is 0.632. The fourth-order valence-corrected chi connectivity index (χ4v) is 4.58. The number of carbonyl (C=O) groups is 2. The lowest BCUT2D eigenvalue weighted by molar-refractivity contribution is -0.126. The molecule has 4 heterocycles. The summed E-state index contributed by atoms with van der Waals surface area (Å²) in [5.41, 5.74) is 0.729. The highest BCUT2D eigenvalue weighted by molar-refractivity contribution is 9.10. The molecule has 0 unspecified atom stereocenters. The second-order valence-corrected chi connectivity index (χ2v) is 8.45. The Bertz CT molecular complexity index is 938. The number of nitrogens with one attached hydrogen (secondary N) is 2. The van der Waals surface area contributed by atoms with Gasteiger partial charge in [0.15, 0.2) is 5.65 Å². The number of likely N-dealkylation sites (tertiary alicyclic amines) is 1. The smallest absolute Gasteiger partial charge is 0.320 e. The molecule has 2 aliphatic heterocycles. The number of hydrogen-bond acceptors (Lipinski definition) is 7. The van der Waals surface area contributed by atoms with E-state index in [-0.39, 0.29) is 17.9 Å². The first kappa shape index (κ1) is 21.8. The molecule has 0 saturated carbocycles. The van der Waals surface area contributed by atoms with Gasteiger partial charge >= 0.3 is 6.03 Å². The van der Waals surface area contributed by atoms with Crippen LogP contribution < -0.4 is 10.6 Å². The van der Waals surface area contributed by atoms with Crippen LogP contribution in [0.1, 0.15) is 12.8 Å². The topological polar surface area (TPSA) is 118 Å². The first-order chi connectivity index (χ1) is 15.0. The van der Waals surface area contributed by atoms with Crippen molar-refractivity contribution in [2.75, 3.05) is 57.8 Å². The lowest BCUT2D eigenvalue weighted by atomic mass is 9.96. The third-order valence-corrected chi connectivity index (χ3v) is 6.27. The number of morpholine rings is 1. The molecule has 2 N–H and O–H groups in total. The van der Waals surface area contributed by atoms with Gasteiger partial charge in [-0.25, -0.2) is 19.4 Å². The minimum absolute atomic E-state index is 0.0377. The van der Waals surface area contributed by atoms with Crippen LogP contribution in [-0.2, 0) is 16.6 Å². The van der Waals surface area contributed by atoms with Gasteiger partial charge < -0.3 is 25.2 Å². The Hall–Kier alpha value is -2.47. The summed E-state index contributed by atoms with van der Waals surface area (Å²) in [7, 11) is 1.82. The number of piperidine rings is 1. The molecule has 2 aromatic heterocycles. The van der Waals surface area contributed by atoms with E-state index in [0.29, 0.717) is 75.7 Å². The van der Waals surface area contributed by atoms with Crippen LogP contribution in [0.25, 0.3) is 11.0 Å². The van der Waals surface area contributed by atoms with Crippen molar-refractivity contribution < 1.29 is 14.3 Å². The number of urea groups is 1. The summed E-state index contributed by atoms with van der Waals surface area (Å²) in [5.74, 6) is 0.650. The third-order valence-electron chi connectivity index (χ3n) is 5.71. The quantitative estimate of drug-likeness (QED) is 0.590. The monoisotopic (exact) mass is 494 g/mol. The molecule has 12 heteroatoms. The Labute approximate surface area is 188 Å². The average molecular weight is 495 g/mol. The largest absolute Gasteiger partial charge is 0.378 e. The van der Waals surface area contributed by atoms with Gasteiger partial charge in [0.05, 0.1) is 18.6 Å². The summed E-state index contributed by atoms with van der Waals surface area (Å²) in [4.78, 5) is 37.3. The molecule has 0 radical (unpaired) electrons. The van der Waals surface area contributed by atoms with Crippen LogP contribution >= 0.6 is 15.9 Å². The number of ether oxygens (including phenoxy) is 1. The van der Waals surface area contributed by atoms with Crippen LogP contribution in [0.2, 0.25) is 0 Å². The van der Waals surface area contributed by atoms with E-state index in [9.17, 15) is 9.59 Å². The lowest BCUT2D eigenvalue weighted by Crippen LogP contribution is -2.51. The summed E-state index contributed by atoms with van der Waals surface area (Å²) in [6, 6.07) is 0.0593. The van der Waals surface area contributed by atoms with Crippen molar-refractivity contribution in [1.82, 2.24) is 34.9 Å². The number of aryl methyl sites for hydroxylation is 1. The van der Waals surface area contributed by atoms with Crippen molar-refractivity contribution in [3.05, 3.63) is 10.9 Å². The van der Waals surface area contributed by atoms with E-state index in [1.54, 1.807) is 4.68 Å². The Kier molecular flexibility index (Phi) is 6.86. The second kappa shape index (κ2) is 9.77. The van der Waals surface area contributed by atoms with Crippen molar-refractivity contribution in [1.29, 1.82) is 0 Å². The van der Waals surface area contributed by atoms with Crippen molar-refractivity contribution in [3.63, 3.8) is 0 Å². The zero-order valence-corrected chi connectivity index (χ0v) is 19.1. The van der Waals surface area contributed by atoms with E-state index in [4.69, 9.17) is 4.74 Å². The molecule has 2 aliphatic rings. The summed E-state index contributed by atoms with van der Waals surface area (Å²) >= 11 is 3.43. The van der Waals surface area contributed by atoms with Crippen LogP contribution in [0, 0.1) is 5.92 Å². The van der Waals surface area contributed by atoms with Gasteiger partial charge in [-0.1, -0.05) is 0 Å². The van der Waals surface area contributed by atoms with Crippen LogP contribution in [0.15, 0.2) is 10.9 Å². The Morgan fingerprint density at radius 1 is 1.13 bits per heavy atom. The average Bonchev–Trinajstić information content (AvgIpc) is 3.11. The van der Waals surface area contributed by atoms with Crippen molar-refractivity contribution in [2.45, 2.75) is 12.8 Å². The summed E-state index contributed by atoms with van der Waals surface area (Å²) in [6.07, 6.45) is 2.86. The van der Waals surface area contributed by atoms with E-state index in [1.807, 2.05) is 16.8 Å². The molecule has 4 rings (SSSR count). The highest BCUT2D eigenvalue weighted by Crippen LogP contribution is 2.26. The molecule has 0 spiro atoms. The molecule has 168 valence electrons. The Morgan fingerprint density at radius 3 is 2.58 bits per heavy atom. The van der Waals surface area contributed by atoms with E-state index in [0.717, 1.165) is 11.0 Å². The van der Waals surface area contributed by atoms with E-state index in [2.05, 4.69) is 41.6 Å². The first-order valence-electron chi connectivity index (χ1n) is 10.5. The standard InChI is InChI=1S/C19H27BrN8O3/c1-26-17-14(15(20)25-26)16(23-12-24-17)21-4-5-22-18(29)13-2-6-27(7-3-13)19(30)28-8-10-31-11-9-28/h12-13H,2-11H2,1H3,(H,22,29)(H,21,23,24). The van der Waals surface area contributed by atoms with Crippen molar-refractivity contribution >= 4 is 44.7 Å². The van der Waals surface area contributed by atoms with Crippen LogP contribution in [0.3, 0.4) is 0 Å². The van der Waals surface area contributed by atoms with Crippen molar-refractivity contribution in [2.24, 2.45) is 13.0 Å². The molecular formula is C19H27BrN8O3. The zero-order valence-electron chi connectivity index (χ0n) is 17.5. The van der Waals surface area contributed by atoms with Crippen LogP contribution in [-0.4, -0.2) is 94.0 Å². The summed E-state index contributed by atoms with van der Waals surface area (Å²) in [6.45, 7) is 4.71. The van der Waals surface area contributed by atoms with Gasteiger partial charge in [0.2, 0.25) is 5.91 Å². The van der Waals surface area contributed by atoms with E-state index in [1.165, 1.54) is 6.33 Å². The molecule has 2 aromatic rings. The number of fused-ring (bicyclic) bond motifs is 1. The highest BCUT2D eigenvalue weighted by atomic mass is 79.9. The van der Waals surface area contributed by atoms with Crippen LogP contribution in [0.5, 0.6) is 0 Å². The van der Waals surface area contributed by atoms with Crippen LogP contribution in [0.4, 0.5) is 10.6 Å². The minimum atomic E-state index is -0.0630. The maximum Gasteiger partial charge on any atom is 0.320 e. The number of amides is 3. The number of halogens is 1. The fourth-order valence-electron chi connectivity index (χ4n) is 3.97. The Morgan fingerprint density at radius 2 is 1.84 bits per heavy atom. The molecule has 31 heavy (non-hydrogen) atoms. The second-order valence-electron chi connectivity index (χ2n) is 7.70. The number of carbonyl (C=O) groups excluding carboxylic acids is 2. The minimum Gasteiger partial charge on any atom is -0.378 e. The molecule has 0 aromatic carbocycles. The van der Waals surface area contributed by atoms with E-state index >= 15 is 0 Å². The Balaban J connectivity index is 1.20. The normalized spacial score (nSPS) is 17.7. The van der Waals surface area contributed by atoms with Gasteiger partial charge in [-0.05, 0) is 28.8 Å². The molecular weight excluding hydrogens is 468 g/mol. The maximum absolute atomic E-state index is 12.6.